The first-order valence-corrected chi connectivity index (χ1v) is 5.69. The molecule has 1 rings (SSSR count). The highest BCUT2D eigenvalue weighted by Crippen LogP contribution is 2.17. The Morgan fingerprint density at radius 1 is 1.31 bits per heavy atom. The summed E-state index contributed by atoms with van der Waals surface area (Å²) in [6.07, 6.45) is 0. The maximum absolute atomic E-state index is 9.39. The van der Waals surface area contributed by atoms with Crippen LogP contribution in [0.15, 0.2) is 24.3 Å². The first-order chi connectivity index (χ1) is 7.50. The van der Waals surface area contributed by atoms with Crippen LogP contribution in [0.3, 0.4) is 0 Å². The van der Waals surface area contributed by atoms with E-state index in [0.29, 0.717) is 11.8 Å². The maximum atomic E-state index is 9.39. The van der Waals surface area contributed by atoms with E-state index in [9.17, 15) is 5.11 Å². The van der Waals surface area contributed by atoms with E-state index in [2.05, 4.69) is 38.2 Å². The van der Waals surface area contributed by atoms with Crippen LogP contribution >= 0.6 is 0 Å². The van der Waals surface area contributed by atoms with E-state index < -0.39 is 0 Å². The highest BCUT2D eigenvalue weighted by atomic mass is 16.3. The van der Waals surface area contributed by atoms with Gasteiger partial charge in [0, 0.05) is 18.6 Å². The lowest BCUT2D eigenvalue weighted by atomic mass is 10.1. The van der Waals surface area contributed by atoms with Crippen LogP contribution in [-0.4, -0.2) is 36.7 Å². The average Bonchev–Trinajstić information content (AvgIpc) is 2.25. The van der Waals surface area contributed by atoms with Crippen molar-refractivity contribution in [3.63, 3.8) is 0 Å². The van der Waals surface area contributed by atoms with Gasteiger partial charge in [-0.25, -0.2) is 0 Å². The summed E-state index contributed by atoms with van der Waals surface area (Å²) >= 11 is 0. The monoisotopic (exact) mass is 222 g/mol. The van der Waals surface area contributed by atoms with Crippen molar-refractivity contribution in [3.8, 4) is 5.75 Å². The Balaban J connectivity index is 2.49. The van der Waals surface area contributed by atoms with Gasteiger partial charge in [0.1, 0.15) is 5.75 Å². The van der Waals surface area contributed by atoms with Crippen molar-refractivity contribution in [2.24, 2.45) is 0 Å². The van der Waals surface area contributed by atoms with E-state index in [4.69, 9.17) is 0 Å². The van der Waals surface area contributed by atoms with Crippen LogP contribution in [0, 0.1) is 0 Å². The molecule has 3 heteroatoms. The molecule has 0 aromatic heterocycles. The van der Waals surface area contributed by atoms with Crippen molar-refractivity contribution in [2.45, 2.75) is 25.9 Å². The quantitative estimate of drug-likeness (QED) is 0.800. The molecule has 0 bridgehead atoms. The number of hydrogen-bond donors (Lipinski definition) is 2. The zero-order chi connectivity index (χ0) is 12.1. The number of benzene rings is 1. The zero-order valence-corrected chi connectivity index (χ0v) is 10.6. The van der Waals surface area contributed by atoms with E-state index in [-0.39, 0.29) is 6.04 Å². The Hall–Kier alpha value is -1.06. The highest BCUT2D eigenvalue weighted by Gasteiger charge is 2.08. The molecule has 2 unspecified atom stereocenters. The molecule has 0 radical (unpaired) electrons. The molecule has 0 amide bonds. The number of nitrogens with zero attached hydrogens (tertiary/aromatic N) is 1. The Morgan fingerprint density at radius 2 is 2.00 bits per heavy atom. The number of rotatable bonds is 5. The van der Waals surface area contributed by atoms with Crippen LogP contribution in [0.4, 0.5) is 0 Å². The van der Waals surface area contributed by atoms with Crippen LogP contribution in [0.2, 0.25) is 0 Å². The minimum absolute atomic E-state index is 0.259. The van der Waals surface area contributed by atoms with Crippen molar-refractivity contribution in [1.82, 2.24) is 10.2 Å². The number of phenols is 1. The van der Waals surface area contributed by atoms with Crippen molar-refractivity contribution in [3.05, 3.63) is 29.8 Å². The molecular weight excluding hydrogens is 200 g/mol. The van der Waals surface area contributed by atoms with Crippen molar-refractivity contribution < 1.29 is 5.11 Å². The molecule has 0 heterocycles. The third-order valence-electron chi connectivity index (χ3n) is 2.97. The Morgan fingerprint density at radius 3 is 2.56 bits per heavy atom. The van der Waals surface area contributed by atoms with Crippen LogP contribution in [0.25, 0.3) is 0 Å². The molecule has 16 heavy (non-hydrogen) atoms. The topological polar surface area (TPSA) is 35.5 Å². The summed E-state index contributed by atoms with van der Waals surface area (Å²) in [6.45, 7) is 5.23. The van der Waals surface area contributed by atoms with E-state index in [1.807, 2.05) is 12.1 Å². The molecule has 2 atom stereocenters. The van der Waals surface area contributed by atoms with Gasteiger partial charge in [0.2, 0.25) is 0 Å². The van der Waals surface area contributed by atoms with E-state index >= 15 is 0 Å². The van der Waals surface area contributed by atoms with Gasteiger partial charge in [-0.3, -0.25) is 0 Å². The normalized spacial score (nSPS) is 15.1. The Bertz CT molecular complexity index is 325. The van der Waals surface area contributed by atoms with Crippen molar-refractivity contribution in [2.75, 3.05) is 20.6 Å². The van der Waals surface area contributed by atoms with E-state index in [0.717, 1.165) is 12.1 Å². The number of likely N-dealkylation sites (N-methyl/N-ethyl adjacent to an activating group) is 1. The summed E-state index contributed by atoms with van der Waals surface area (Å²) in [7, 11) is 4.15. The molecule has 1 aromatic rings. The van der Waals surface area contributed by atoms with Gasteiger partial charge in [-0.05, 0) is 45.6 Å². The maximum Gasteiger partial charge on any atom is 0.115 e. The highest BCUT2D eigenvalue weighted by molar-refractivity contribution is 5.28. The first kappa shape index (κ1) is 13.0. The van der Waals surface area contributed by atoms with Gasteiger partial charge < -0.3 is 15.3 Å². The summed E-state index contributed by atoms with van der Waals surface area (Å²) in [5, 5.41) is 12.8. The SMILES string of the molecule is CC(NCC(C)N(C)C)c1cccc(O)c1. The molecule has 0 saturated heterocycles. The van der Waals surface area contributed by atoms with Crippen LogP contribution in [-0.2, 0) is 0 Å². The molecule has 90 valence electrons. The third-order valence-corrected chi connectivity index (χ3v) is 2.97. The molecule has 0 saturated carbocycles. The number of phenolic OH excluding ortho intramolecular Hbond substituents is 1. The van der Waals surface area contributed by atoms with Crippen molar-refractivity contribution in [1.29, 1.82) is 0 Å². The molecular formula is C13H22N2O. The van der Waals surface area contributed by atoms with Gasteiger partial charge in [0.15, 0.2) is 0 Å². The summed E-state index contributed by atoms with van der Waals surface area (Å²) in [5.41, 5.74) is 1.12. The van der Waals surface area contributed by atoms with Gasteiger partial charge in [0.25, 0.3) is 0 Å². The molecule has 0 fully saturated rings. The minimum Gasteiger partial charge on any atom is -0.508 e. The van der Waals surface area contributed by atoms with E-state index in [1.54, 1.807) is 12.1 Å². The first-order valence-electron chi connectivity index (χ1n) is 5.69. The number of hydrogen-bond acceptors (Lipinski definition) is 3. The lowest BCUT2D eigenvalue weighted by molar-refractivity contribution is 0.295. The van der Waals surface area contributed by atoms with Gasteiger partial charge in [-0.15, -0.1) is 0 Å². The molecule has 2 N–H and O–H groups in total. The van der Waals surface area contributed by atoms with Crippen LogP contribution in [0.1, 0.15) is 25.5 Å². The molecule has 0 aliphatic carbocycles. The number of nitrogens with one attached hydrogen (secondary N) is 1. The minimum atomic E-state index is 0.259. The second kappa shape index (κ2) is 5.87. The van der Waals surface area contributed by atoms with Gasteiger partial charge >= 0.3 is 0 Å². The Labute approximate surface area is 98.1 Å². The van der Waals surface area contributed by atoms with Crippen LogP contribution < -0.4 is 5.32 Å². The molecule has 3 nitrogen and oxygen atoms in total. The van der Waals surface area contributed by atoms with Gasteiger partial charge in [-0.1, -0.05) is 12.1 Å². The molecule has 0 aliphatic rings. The Kier molecular flexibility index (Phi) is 4.77. The lowest BCUT2D eigenvalue weighted by Gasteiger charge is -2.23. The fourth-order valence-corrected chi connectivity index (χ4v) is 1.44. The number of aromatic hydroxyl groups is 1. The summed E-state index contributed by atoms with van der Waals surface area (Å²) in [5.74, 6) is 0.326. The smallest absolute Gasteiger partial charge is 0.115 e. The summed E-state index contributed by atoms with van der Waals surface area (Å²) in [6, 6.07) is 8.15. The largest absolute Gasteiger partial charge is 0.508 e. The predicted molar refractivity (Wildman–Crippen MR) is 67.7 cm³/mol. The molecule has 0 aliphatic heterocycles. The fraction of sp³-hybridized carbons (Fsp3) is 0.538. The lowest BCUT2D eigenvalue weighted by Crippen LogP contribution is -2.36. The molecule has 0 spiro atoms. The second-order valence-corrected chi connectivity index (χ2v) is 4.54. The van der Waals surface area contributed by atoms with Crippen molar-refractivity contribution >= 4 is 0 Å². The second-order valence-electron chi connectivity index (χ2n) is 4.54. The zero-order valence-electron chi connectivity index (χ0n) is 10.6. The predicted octanol–water partition coefficient (Wildman–Crippen LogP) is 1.99. The van der Waals surface area contributed by atoms with Crippen LogP contribution in [0.5, 0.6) is 5.75 Å². The molecule has 1 aromatic carbocycles. The summed E-state index contributed by atoms with van der Waals surface area (Å²) < 4.78 is 0. The van der Waals surface area contributed by atoms with Gasteiger partial charge in [0.05, 0.1) is 0 Å². The fourth-order valence-electron chi connectivity index (χ4n) is 1.44. The third kappa shape index (κ3) is 3.83. The summed E-state index contributed by atoms with van der Waals surface area (Å²) in [4.78, 5) is 2.18. The average molecular weight is 222 g/mol. The standard InChI is InChI=1S/C13H22N2O/c1-10(15(3)4)9-14-11(2)12-6-5-7-13(16)8-12/h5-8,10-11,14,16H,9H2,1-4H3. The van der Waals surface area contributed by atoms with E-state index in [1.165, 1.54) is 0 Å². The van der Waals surface area contributed by atoms with Gasteiger partial charge in [-0.2, -0.15) is 0 Å².